The molecule has 3 heterocycles. The van der Waals surface area contributed by atoms with Gasteiger partial charge in [0.15, 0.2) is 0 Å². The molecule has 9 heteroatoms. The van der Waals surface area contributed by atoms with Gasteiger partial charge in [-0.1, -0.05) is 12.1 Å². The van der Waals surface area contributed by atoms with Crippen molar-refractivity contribution in [1.29, 1.82) is 0 Å². The van der Waals surface area contributed by atoms with Crippen LogP contribution in [0.2, 0.25) is 0 Å². The van der Waals surface area contributed by atoms with Crippen LogP contribution in [0.5, 0.6) is 0 Å². The molecule has 1 fully saturated rings. The number of aryl methyl sites for hydroxylation is 1. The van der Waals surface area contributed by atoms with Gasteiger partial charge >= 0.3 is 0 Å². The smallest absolute Gasteiger partial charge is 0.233 e. The second kappa shape index (κ2) is 9.25. The van der Waals surface area contributed by atoms with Crippen LogP contribution in [-0.2, 0) is 11.2 Å². The highest BCUT2D eigenvalue weighted by atomic mass is 32.2. The summed E-state index contributed by atoms with van der Waals surface area (Å²) >= 11 is 1.43. The molecular weight excluding hydrogens is 405 g/mol. The number of hydrogen-bond acceptors (Lipinski definition) is 7. The predicted molar refractivity (Wildman–Crippen MR) is 113 cm³/mol. The first kappa shape index (κ1) is 20.3. The van der Waals surface area contributed by atoms with Crippen LogP contribution in [0.25, 0.3) is 11.4 Å². The zero-order chi connectivity index (χ0) is 20.9. The monoisotopic (exact) mass is 427 g/mol. The summed E-state index contributed by atoms with van der Waals surface area (Å²) in [5, 5.41) is 3.97. The zero-order valence-electron chi connectivity index (χ0n) is 16.6. The van der Waals surface area contributed by atoms with Crippen molar-refractivity contribution in [2.24, 2.45) is 0 Å². The quantitative estimate of drug-likeness (QED) is 0.559. The molecule has 0 spiro atoms. The topological polar surface area (TPSA) is 75.4 Å². The standard InChI is InChI=1S/C21H22FN5O2S/c1-2-19-24-21(25-29-19)15-3-8-18(23-13-15)26-9-11-27(12-10-26)20(28)14-30-17-6-4-16(22)5-7-17/h3-8,13H,2,9-12,14H2,1H3. The third-order valence-corrected chi connectivity index (χ3v) is 5.91. The number of hydrogen-bond donors (Lipinski definition) is 0. The number of nitrogens with zero attached hydrogens (tertiary/aromatic N) is 5. The van der Waals surface area contributed by atoms with Crippen molar-refractivity contribution in [3.05, 3.63) is 54.3 Å². The Balaban J connectivity index is 1.28. The van der Waals surface area contributed by atoms with Gasteiger partial charge in [-0.05, 0) is 36.4 Å². The number of benzene rings is 1. The minimum atomic E-state index is -0.272. The van der Waals surface area contributed by atoms with E-state index in [1.54, 1.807) is 18.3 Å². The fraction of sp³-hybridized carbons (Fsp3) is 0.333. The van der Waals surface area contributed by atoms with Crippen LogP contribution < -0.4 is 4.90 Å². The van der Waals surface area contributed by atoms with Crippen LogP contribution in [0.3, 0.4) is 0 Å². The molecule has 0 N–H and O–H groups in total. The second-order valence-corrected chi connectivity index (χ2v) is 7.93. The summed E-state index contributed by atoms with van der Waals surface area (Å²) in [5.41, 5.74) is 0.814. The van der Waals surface area contributed by atoms with Gasteiger partial charge in [0.2, 0.25) is 17.6 Å². The summed E-state index contributed by atoms with van der Waals surface area (Å²) in [4.78, 5) is 26.3. The van der Waals surface area contributed by atoms with Crippen molar-refractivity contribution < 1.29 is 13.7 Å². The number of thioether (sulfide) groups is 1. The molecule has 0 saturated carbocycles. The van der Waals surface area contributed by atoms with E-state index < -0.39 is 0 Å². The van der Waals surface area contributed by atoms with E-state index in [1.807, 2.05) is 24.0 Å². The molecule has 0 atom stereocenters. The summed E-state index contributed by atoms with van der Waals surface area (Å²) in [6.07, 6.45) is 2.44. The molecule has 1 saturated heterocycles. The largest absolute Gasteiger partial charge is 0.353 e. The molecule has 0 bridgehead atoms. The summed E-state index contributed by atoms with van der Waals surface area (Å²) in [5.74, 6) is 2.18. The van der Waals surface area contributed by atoms with Gasteiger partial charge in [0.05, 0.1) is 5.75 Å². The molecule has 4 rings (SSSR count). The molecule has 1 amide bonds. The first-order valence-corrected chi connectivity index (χ1v) is 10.8. The van der Waals surface area contributed by atoms with E-state index >= 15 is 0 Å². The Labute approximate surface area is 178 Å². The minimum Gasteiger partial charge on any atom is -0.353 e. The van der Waals surface area contributed by atoms with E-state index in [-0.39, 0.29) is 11.7 Å². The van der Waals surface area contributed by atoms with Gasteiger partial charge < -0.3 is 14.3 Å². The molecule has 156 valence electrons. The maximum absolute atomic E-state index is 13.0. The van der Waals surface area contributed by atoms with E-state index in [0.717, 1.165) is 29.4 Å². The minimum absolute atomic E-state index is 0.0936. The molecule has 1 aliphatic rings. The SMILES string of the molecule is CCc1nc(-c2ccc(N3CCN(C(=O)CSc4ccc(F)cc4)CC3)nc2)no1. The molecule has 1 aliphatic heterocycles. The molecule has 3 aromatic rings. The Bertz CT molecular complexity index is 985. The lowest BCUT2D eigenvalue weighted by molar-refractivity contribution is -0.128. The van der Waals surface area contributed by atoms with E-state index in [0.29, 0.717) is 37.0 Å². The molecule has 0 radical (unpaired) electrons. The maximum Gasteiger partial charge on any atom is 0.233 e. The van der Waals surface area contributed by atoms with Crippen molar-refractivity contribution in [2.45, 2.75) is 18.2 Å². The molecule has 0 aliphatic carbocycles. The number of piperazine rings is 1. The predicted octanol–water partition coefficient (Wildman–Crippen LogP) is 3.27. The number of rotatable bonds is 6. The first-order valence-electron chi connectivity index (χ1n) is 9.82. The highest BCUT2D eigenvalue weighted by Gasteiger charge is 2.22. The zero-order valence-corrected chi connectivity index (χ0v) is 17.4. The van der Waals surface area contributed by atoms with Crippen LogP contribution >= 0.6 is 11.8 Å². The second-order valence-electron chi connectivity index (χ2n) is 6.88. The Morgan fingerprint density at radius 2 is 1.90 bits per heavy atom. The van der Waals surface area contributed by atoms with Crippen LogP contribution in [0, 0.1) is 5.82 Å². The lowest BCUT2D eigenvalue weighted by Crippen LogP contribution is -2.49. The Hall–Kier alpha value is -2.94. The van der Waals surface area contributed by atoms with Crippen LogP contribution in [-0.4, -0.2) is 57.9 Å². The summed E-state index contributed by atoms with van der Waals surface area (Å²) in [6, 6.07) is 10.1. The van der Waals surface area contributed by atoms with Crippen molar-refractivity contribution >= 4 is 23.5 Å². The first-order chi connectivity index (χ1) is 14.6. The van der Waals surface area contributed by atoms with Crippen molar-refractivity contribution in [3.63, 3.8) is 0 Å². The number of halogens is 1. The third kappa shape index (κ3) is 4.79. The summed E-state index contributed by atoms with van der Waals surface area (Å²) in [6.45, 7) is 4.71. The van der Waals surface area contributed by atoms with Crippen LogP contribution in [0.4, 0.5) is 10.2 Å². The van der Waals surface area contributed by atoms with Crippen LogP contribution in [0.15, 0.2) is 52.0 Å². The molecular formula is C21H22FN5O2S. The van der Waals surface area contributed by atoms with Gasteiger partial charge in [0, 0.05) is 49.3 Å². The average Bonchev–Trinajstić information content (AvgIpc) is 3.28. The number of pyridine rings is 1. The van der Waals surface area contributed by atoms with Crippen molar-refractivity contribution in [1.82, 2.24) is 20.0 Å². The van der Waals surface area contributed by atoms with Gasteiger partial charge in [-0.25, -0.2) is 9.37 Å². The van der Waals surface area contributed by atoms with E-state index in [1.165, 1.54) is 23.9 Å². The fourth-order valence-electron chi connectivity index (χ4n) is 3.17. The lowest BCUT2D eigenvalue weighted by atomic mass is 10.2. The Kier molecular flexibility index (Phi) is 6.27. The molecule has 1 aromatic carbocycles. The van der Waals surface area contributed by atoms with Crippen molar-refractivity contribution in [2.75, 3.05) is 36.8 Å². The summed E-state index contributed by atoms with van der Waals surface area (Å²) in [7, 11) is 0. The molecule has 0 unspecified atom stereocenters. The average molecular weight is 428 g/mol. The fourth-order valence-corrected chi connectivity index (χ4v) is 3.97. The molecule has 2 aromatic heterocycles. The lowest BCUT2D eigenvalue weighted by Gasteiger charge is -2.35. The highest BCUT2D eigenvalue weighted by Crippen LogP contribution is 2.21. The van der Waals surface area contributed by atoms with Gasteiger partial charge in [-0.3, -0.25) is 4.79 Å². The highest BCUT2D eigenvalue weighted by molar-refractivity contribution is 8.00. The summed E-state index contributed by atoms with van der Waals surface area (Å²) < 4.78 is 18.1. The van der Waals surface area contributed by atoms with Crippen LogP contribution in [0.1, 0.15) is 12.8 Å². The van der Waals surface area contributed by atoms with Gasteiger partial charge in [0.25, 0.3) is 0 Å². The van der Waals surface area contributed by atoms with Crippen molar-refractivity contribution in [3.8, 4) is 11.4 Å². The van der Waals surface area contributed by atoms with E-state index in [9.17, 15) is 9.18 Å². The number of carbonyl (C=O) groups is 1. The number of anilines is 1. The Morgan fingerprint density at radius 3 is 2.53 bits per heavy atom. The third-order valence-electron chi connectivity index (χ3n) is 4.91. The Morgan fingerprint density at radius 1 is 1.13 bits per heavy atom. The van der Waals surface area contributed by atoms with Gasteiger partial charge in [-0.15, -0.1) is 11.8 Å². The normalized spacial score (nSPS) is 14.2. The number of carbonyl (C=O) groups excluding carboxylic acids is 1. The van der Waals surface area contributed by atoms with E-state index in [2.05, 4.69) is 20.0 Å². The maximum atomic E-state index is 13.0. The van der Waals surface area contributed by atoms with Gasteiger partial charge in [-0.2, -0.15) is 4.98 Å². The number of amides is 1. The number of aromatic nitrogens is 3. The molecule has 30 heavy (non-hydrogen) atoms. The van der Waals surface area contributed by atoms with E-state index in [4.69, 9.17) is 4.52 Å². The van der Waals surface area contributed by atoms with Gasteiger partial charge in [0.1, 0.15) is 11.6 Å². The molecule has 7 nitrogen and oxygen atoms in total.